The Kier molecular flexibility index (Phi) is 5.80. The summed E-state index contributed by atoms with van der Waals surface area (Å²) in [7, 11) is 0. The van der Waals surface area contributed by atoms with Gasteiger partial charge in [-0.2, -0.15) is 0 Å². The average molecular weight is 324 g/mol. The predicted molar refractivity (Wildman–Crippen MR) is 86.7 cm³/mol. The molecule has 2 heterocycles. The molecule has 22 heavy (non-hydrogen) atoms. The van der Waals surface area contributed by atoms with Gasteiger partial charge in [-0.3, -0.25) is 9.59 Å². The molecule has 6 heteroatoms. The number of nitrogens with zero attached hydrogens (tertiary/aromatic N) is 1. The van der Waals surface area contributed by atoms with E-state index in [9.17, 15) is 9.59 Å². The smallest absolute Gasteiger partial charge is 0.247 e. The number of rotatable bonds is 2. The highest BCUT2D eigenvalue weighted by Gasteiger charge is 2.37. The molecule has 5 nitrogen and oxygen atoms in total. The van der Waals surface area contributed by atoms with Gasteiger partial charge in [-0.15, -0.1) is 12.4 Å². The molecule has 1 aromatic carbocycles. The molecule has 2 N–H and O–H groups in total. The maximum absolute atomic E-state index is 12.8. The topological polar surface area (TPSA) is 61.4 Å². The van der Waals surface area contributed by atoms with Gasteiger partial charge in [0.2, 0.25) is 11.8 Å². The highest BCUT2D eigenvalue weighted by Crippen LogP contribution is 2.26. The SMILES string of the molecule is Cl.O=C1NCCN(C(=O)C2CCCNC2)C1c1ccccc1. The highest BCUT2D eigenvalue weighted by molar-refractivity contribution is 5.90. The van der Waals surface area contributed by atoms with Gasteiger partial charge in [0.1, 0.15) is 6.04 Å². The van der Waals surface area contributed by atoms with Crippen molar-refractivity contribution in [1.82, 2.24) is 15.5 Å². The van der Waals surface area contributed by atoms with Crippen molar-refractivity contribution in [3.8, 4) is 0 Å². The Morgan fingerprint density at radius 3 is 2.64 bits per heavy atom. The van der Waals surface area contributed by atoms with Gasteiger partial charge >= 0.3 is 0 Å². The Morgan fingerprint density at radius 2 is 1.95 bits per heavy atom. The monoisotopic (exact) mass is 323 g/mol. The van der Waals surface area contributed by atoms with Crippen molar-refractivity contribution < 1.29 is 9.59 Å². The van der Waals surface area contributed by atoms with Crippen LogP contribution in [0.25, 0.3) is 0 Å². The standard InChI is InChI=1S/C16H21N3O2.ClH/c20-15-14(12-5-2-1-3-6-12)19(10-9-18-15)16(21)13-7-4-8-17-11-13;/h1-3,5-6,13-14,17H,4,7-11H2,(H,18,20);1H. The van der Waals surface area contributed by atoms with Gasteiger partial charge in [0.15, 0.2) is 0 Å². The number of nitrogens with one attached hydrogen (secondary N) is 2. The van der Waals surface area contributed by atoms with Crippen molar-refractivity contribution in [2.45, 2.75) is 18.9 Å². The molecule has 2 aliphatic rings. The summed E-state index contributed by atoms with van der Waals surface area (Å²) in [6.45, 7) is 2.82. The number of amides is 2. The molecule has 3 rings (SSSR count). The first-order chi connectivity index (χ1) is 10.3. The molecule has 0 spiro atoms. The predicted octanol–water partition coefficient (Wildman–Crippen LogP) is 1.11. The van der Waals surface area contributed by atoms with Crippen LogP contribution in [0.3, 0.4) is 0 Å². The molecule has 2 amide bonds. The summed E-state index contributed by atoms with van der Waals surface area (Å²) in [6, 6.07) is 9.06. The maximum Gasteiger partial charge on any atom is 0.247 e. The zero-order valence-electron chi connectivity index (χ0n) is 12.5. The van der Waals surface area contributed by atoms with Crippen LogP contribution < -0.4 is 10.6 Å². The fraction of sp³-hybridized carbons (Fsp3) is 0.500. The van der Waals surface area contributed by atoms with Crippen LogP contribution in [0.1, 0.15) is 24.4 Å². The van der Waals surface area contributed by atoms with Crippen LogP contribution in [-0.2, 0) is 9.59 Å². The summed E-state index contributed by atoms with van der Waals surface area (Å²) in [5.74, 6) is 0.0198. The number of piperazine rings is 1. The van der Waals surface area contributed by atoms with Gasteiger partial charge < -0.3 is 15.5 Å². The van der Waals surface area contributed by atoms with Crippen LogP contribution in [0.2, 0.25) is 0 Å². The van der Waals surface area contributed by atoms with E-state index >= 15 is 0 Å². The Hall–Kier alpha value is -1.59. The zero-order chi connectivity index (χ0) is 14.7. The molecular weight excluding hydrogens is 302 g/mol. The van der Waals surface area contributed by atoms with Gasteiger partial charge in [0.25, 0.3) is 0 Å². The second-order valence-corrected chi connectivity index (χ2v) is 5.68. The average Bonchev–Trinajstić information content (AvgIpc) is 2.55. The van der Waals surface area contributed by atoms with Gasteiger partial charge in [-0.25, -0.2) is 0 Å². The van der Waals surface area contributed by atoms with Gasteiger partial charge in [0.05, 0.1) is 5.92 Å². The molecule has 1 aromatic rings. The summed E-state index contributed by atoms with van der Waals surface area (Å²) in [5.41, 5.74) is 0.881. The minimum atomic E-state index is -0.491. The van der Waals surface area contributed by atoms with Crippen LogP contribution in [-0.4, -0.2) is 42.9 Å². The number of benzene rings is 1. The first-order valence-corrected chi connectivity index (χ1v) is 7.61. The second-order valence-electron chi connectivity index (χ2n) is 5.68. The number of hydrogen-bond acceptors (Lipinski definition) is 3. The minimum absolute atomic E-state index is 0. The molecule has 2 atom stereocenters. The minimum Gasteiger partial charge on any atom is -0.352 e. The van der Waals surface area contributed by atoms with Gasteiger partial charge in [-0.05, 0) is 24.9 Å². The van der Waals surface area contributed by atoms with Gasteiger partial charge in [-0.1, -0.05) is 30.3 Å². The third kappa shape index (κ3) is 3.42. The highest BCUT2D eigenvalue weighted by atomic mass is 35.5. The van der Waals surface area contributed by atoms with E-state index in [0.29, 0.717) is 13.1 Å². The van der Waals surface area contributed by atoms with Crippen LogP contribution in [0.4, 0.5) is 0 Å². The number of hydrogen-bond donors (Lipinski definition) is 2. The lowest BCUT2D eigenvalue weighted by atomic mass is 9.95. The van der Waals surface area contributed by atoms with Crippen molar-refractivity contribution in [3.63, 3.8) is 0 Å². The van der Waals surface area contributed by atoms with E-state index in [4.69, 9.17) is 0 Å². The molecule has 2 fully saturated rings. The molecule has 2 aliphatic heterocycles. The molecule has 0 bridgehead atoms. The van der Waals surface area contributed by atoms with E-state index in [1.807, 2.05) is 30.3 Å². The van der Waals surface area contributed by atoms with E-state index in [1.165, 1.54) is 0 Å². The van der Waals surface area contributed by atoms with E-state index < -0.39 is 6.04 Å². The summed E-state index contributed by atoms with van der Waals surface area (Å²) in [6.07, 6.45) is 1.93. The summed E-state index contributed by atoms with van der Waals surface area (Å²) in [5, 5.41) is 6.14. The lowest BCUT2D eigenvalue weighted by Gasteiger charge is -2.38. The van der Waals surface area contributed by atoms with Crippen molar-refractivity contribution in [1.29, 1.82) is 0 Å². The van der Waals surface area contributed by atoms with Gasteiger partial charge in [0, 0.05) is 19.6 Å². The van der Waals surface area contributed by atoms with Crippen LogP contribution in [0, 0.1) is 5.92 Å². The second kappa shape index (κ2) is 7.61. The normalized spacial score (nSPS) is 25.1. The van der Waals surface area contributed by atoms with E-state index in [-0.39, 0.29) is 30.1 Å². The summed E-state index contributed by atoms with van der Waals surface area (Å²) < 4.78 is 0. The van der Waals surface area contributed by atoms with Crippen LogP contribution >= 0.6 is 12.4 Å². The van der Waals surface area contributed by atoms with Crippen molar-refractivity contribution in [2.75, 3.05) is 26.2 Å². The lowest BCUT2D eigenvalue weighted by molar-refractivity contribution is -0.147. The van der Waals surface area contributed by atoms with Crippen molar-refractivity contribution >= 4 is 24.2 Å². The third-order valence-electron chi connectivity index (χ3n) is 4.26. The maximum atomic E-state index is 12.8. The van der Waals surface area contributed by atoms with Crippen LogP contribution in [0.5, 0.6) is 0 Å². The molecule has 2 saturated heterocycles. The lowest BCUT2D eigenvalue weighted by Crippen LogP contribution is -2.54. The Morgan fingerprint density at radius 1 is 1.18 bits per heavy atom. The Bertz CT molecular complexity index is 517. The largest absolute Gasteiger partial charge is 0.352 e. The Balaban J connectivity index is 0.00000176. The Labute approximate surface area is 136 Å². The molecular formula is C16H22ClN3O2. The molecule has 0 aliphatic carbocycles. The molecule has 2 unspecified atom stereocenters. The molecule has 0 aromatic heterocycles. The number of piperidine rings is 1. The van der Waals surface area contributed by atoms with E-state index in [2.05, 4.69) is 10.6 Å². The molecule has 120 valence electrons. The fourth-order valence-electron chi connectivity index (χ4n) is 3.17. The third-order valence-corrected chi connectivity index (χ3v) is 4.26. The van der Waals surface area contributed by atoms with Crippen molar-refractivity contribution in [3.05, 3.63) is 35.9 Å². The quantitative estimate of drug-likeness (QED) is 0.857. The summed E-state index contributed by atoms with van der Waals surface area (Å²) >= 11 is 0. The fourth-order valence-corrected chi connectivity index (χ4v) is 3.17. The van der Waals surface area contributed by atoms with Crippen molar-refractivity contribution in [2.24, 2.45) is 5.92 Å². The van der Waals surface area contributed by atoms with Crippen LogP contribution in [0.15, 0.2) is 30.3 Å². The first-order valence-electron chi connectivity index (χ1n) is 7.61. The number of carbonyl (C=O) groups excluding carboxylic acids is 2. The first kappa shape index (κ1) is 16.8. The number of carbonyl (C=O) groups is 2. The van der Waals surface area contributed by atoms with E-state index in [1.54, 1.807) is 4.90 Å². The zero-order valence-corrected chi connectivity index (χ0v) is 13.3. The molecule has 0 radical (unpaired) electrons. The number of halogens is 1. The summed E-state index contributed by atoms with van der Waals surface area (Å²) in [4.78, 5) is 26.8. The van der Waals surface area contributed by atoms with E-state index in [0.717, 1.165) is 31.5 Å². The molecule has 0 saturated carbocycles.